The number of rotatable bonds is 5. The molecule has 0 aromatic carbocycles. The number of ether oxygens (including phenoxy) is 1. The lowest BCUT2D eigenvalue weighted by molar-refractivity contribution is -0.202. The van der Waals surface area contributed by atoms with E-state index >= 15 is 0 Å². The van der Waals surface area contributed by atoms with Gasteiger partial charge in [-0.3, -0.25) is 14.4 Å². The molecule has 3 fully saturated rings. The maximum Gasteiger partial charge on any atom is 0.306 e. The molecule has 6 heteroatoms. The van der Waals surface area contributed by atoms with Crippen LogP contribution >= 0.6 is 0 Å². The van der Waals surface area contributed by atoms with Crippen molar-refractivity contribution in [1.29, 1.82) is 0 Å². The Morgan fingerprint density at radius 2 is 1.94 bits per heavy atom. The monoisotopic (exact) mass is 432 g/mol. The number of allylic oxidation sites excluding steroid dienone is 1. The summed E-state index contributed by atoms with van der Waals surface area (Å²) in [7, 11) is 0. The highest BCUT2D eigenvalue weighted by molar-refractivity contribution is 5.92. The molecule has 0 radical (unpaired) electrons. The lowest BCUT2D eigenvalue weighted by Crippen LogP contribution is -2.63. The van der Waals surface area contributed by atoms with Crippen molar-refractivity contribution < 1.29 is 29.3 Å². The molecular weight excluding hydrogens is 396 g/mol. The second-order valence-corrected chi connectivity index (χ2v) is 10.7. The summed E-state index contributed by atoms with van der Waals surface area (Å²) in [6.45, 7) is 5.39. The molecule has 172 valence electrons. The third-order valence-corrected chi connectivity index (χ3v) is 9.35. The minimum Gasteiger partial charge on any atom is -0.450 e. The van der Waals surface area contributed by atoms with Crippen LogP contribution in [0.25, 0.3) is 0 Å². The molecule has 7 atom stereocenters. The Kier molecular flexibility index (Phi) is 5.70. The van der Waals surface area contributed by atoms with Gasteiger partial charge in [-0.25, -0.2) is 0 Å². The minimum atomic E-state index is -1.37. The van der Waals surface area contributed by atoms with Gasteiger partial charge in [0.25, 0.3) is 0 Å². The predicted molar refractivity (Wildman–Crippen MR) is 114 cm³/mol. The molecule has 3 saturated carbocycles. The van der Waals surface area contributed by atoms with Gasteiger partial charge < -0.3 is 14.9 Å². The van der Waals surface area contributed by atoms with Crippen LogP contribution in [0.2, 0.25) is 0 Å². The highest BCUT2D eigenvalue weighted by atomic mass is 16.6. The first kappa shape index (κ1) is 22.7. The Morgan fingerprint density at radius 1 is 1.19 bits per heavy atom. The van der Waals surface area contributed by atoms with Gasteiger partial charge in [-0.2, -0.15) is 0 Å². The number of ketones is 2. The molecule has 0 saturated heterocycles. The van der Waals surface area contributed by atoms with E-state index in [1.165, 1.54) is 0 Å². The first-order valence-electron chi connectivity index (χ1n) is 11.9. The summed E-state index contributed by atoms with van der Waals surface area (Å²) in [5.41, 5.74) is -1.12. The van der Waals surface area contributed by atoms with E-state index in [-0.39, 0.29) is 35.4 Å². The number of carbonyl (C=O) groups excluding carboxylic acids is 3. The lowest BCUT2D eigenvalue weighted by Gasteiger charge is -2.60. The summed E-state index contributed by atoms with van der Waals surface area (Å²) in [6, 6.07) is 0. The SMILES string of the molecule is CCCC(=O)O[C@]1(C(=O)CO)CC[C@H]2[C@@H]3CCC4=CC(=O)CC[C@]4(C)C3[C@@H](O)C[C@@]21C. The van der Waals surface area contributed by atoms with Crippen LogP contribution in [-0.4, -0.2) is 46.1 Å². The standard InChI is InChI=1S/C25H36O6/c1-4-5-21(30)31-25(20(29)14-26)11-9-18-17-7-6-15-12-16(27)8-10-23(15,2)22(17)19(28)13-24(18,25)3/h12,17-19,22,26,28H,4-11,13-14H2,1-3H3/t17-,18-,19-,22?,23-,24-,25-/m0/s1. The number of fused-ring (bicyclic) bond motifs is 5. The number of hydrogen-bond acceptors (Lipinski definition) is 6. The molecule has 0 bridgehead atoms. The molecule has 31 heavy (non-hydrogen) atoms. The largest absolute Gasteiger partial charge is 0.450 e. The molecule has 4 rings (SSSR count). The Labute approximate surface area is 184 Å². The van der Waals surface area contributed by atoms with Crippen molar-refractivity contribution in [1.82, 2.24) is 0 Å². The van der Waals surface area contributed by atoms with Crippen molar-refractivity contribution in [3.63, 3.8) is 0 Å². The zero-order valence-corrected chi connectivity index (χ0v) is 19.0. The third-order valence-electron chi connectivity index (χ3n) is 9.35. The highest BCUT2D eigenvalue weighted by Crippen LogP contribution is 2.68. The molecule has 6 nitrogen and oxygen atoms in total. The van der Waals surface area contributed by atoms with E-state index in [0.717, 1.165) is 31.3 Å². The molecule has 0 amide bonds. The van der Waals surface area contributed by atoms with Gasteiger partial charge in [0.15, 0.2) is 11.4 Å². The second kappa shape index (κ2) is 7.80. The van der Waals surface area contributed by atoms with Gasteiger partial charge in [0.2, 0.25) is 5.78 Å². The van der Waals surface area contributed by atoms with Crippen molar-refractivity contribution in [2.45, 2.75) is 90.3 Å². The maximum absolute atomic E-state index is 13.1. The summed E-state index contributed by atoms with van der Waals surface area (Å²) in [4.78, 5) is 37.6. The van der Waals surface area contributed by atoms with Gasteiger partial charge in [0.1, 0.15) is 6.61 Å². The smallest absolute Gasteiger partial charge is 0.306 e. The number of esters is 1. The minimum absolute atomic E-state index is 0.0325. The first-order chi connectivity index (χ1) is 14.6. The summed E-state index contributed by atoms with van der Waals surface area (Å²) in [5, 5.41) is 21.3. The Hall–Kier alpha value is -1.53. The van der Waals surface area contributed by atoms with Crippen LogP contribution in [0.4, 0.5) is 0 Å². The first-order valence-corrected chi connectivity index (χ1v) is 11.9. The quantitative estimate of drug-likeness (QED) is 0.648. The van der Waals surface area contributed by atoms with Crippen LogP contribution < -0.4 is 0 Å². The Morgan fingerprint density at radius 3 is 2.61 bits per heavy atom. The molecular formula is C25H36O6. The van der Waals surface area contributed by atoms with E-state index < -0.39 is 35.5 Å². The average Bonchev–Trinajstić information content (AvgIpc) is 3.00. The fourth-order valence-corrected chi connectivity index (χ4v) is 7.94. The van der Waals surface area contributed by atoms with Gasteiger partial charge >= 0.3 is 5.97 Å². The van der Waals surface area contributed by atoms with Crippen LogP contribution in [0.3, 0.4) is 0 Å². The fourth-order valence-electron chi connectivity index (χ4n) is 7.94. The van der Waals surface area contributed by atoms with E-state index in [9.17, 15) is 24.6 Å². The van der Waals surface area contributed by atoms with Crippen LogP contribution in [0.15, 0.2) is 11.6 Å². The van der Waals surface area contributed by atoms with E-state index in [1.54, 1.807) is 6.08 Å². The van der Waals surface area contributed by atoms with E-state index in [4.69, 9.17) is 4.74 Å². The van der Waals surface area contributed by atoms with Gasteiger partial charge in [0, 0.05) is 18.3 Å². The molecule has 0 aromatic rings. The summed E-state index contributed by atoms with van der Waals surface area (Å²) >= 11 is 0. The average molecular weight is 433 g/mol. The van der Waals surface area contributed by atoms with Crippen LogP contribution in [0, 0.1) is 28.6 Å². The topological polar surface area (TPSA) is 101 Å². The van der Waals surface area contributed by atoms with Gasteiger partial charge in [-0.1, -0.05) is 26.3 Å². The fraction of sp³-hybridized carbons (Fsp3) is 0.800. The highest BCUT2D eigenvalue weighted by Gasteiger charge is 2.70. The molecule has 4 aliphatic rings. The molecule has 0 aromatic heterocycles. The molecule has 2 N–H and O–H groups in total. The molecule has 0 spiro atoms. The van der Waals surface area contributed by atoms with Crippen molar-refractivity contribution in [2.24, 2.45) is 28.6 Å². The molecule has 1 unspecified atom stereocenters. The van der Waals surface area contributed by atoms with Gasteiger partial charge in [-0.05, 0) is 74.2 Å². The van der Waals surface area contributed by atoms with Crippen LogP contribution in [-0.2, 0) is 19.1 Å². The summed E-state index contributed by atoms with van der Waals surface area (Å²) in [6.07, 6.45) is 6.48. The second-order valence-electron chi connectivity index (χ2n) is 10.7. The lowest BCUT2D eigenvalue weighted by atomic mass is 9.45. The Bertz CT molecular complexity index is 817. The zero-order valence-electron chi connectivity index (χ0n) is 19.0. The van der Waals surface area contributed by atoms with Crippen LogP contribution in [0.1, 0.15) is 78.6 Å². The molecule has 0 heterocycles. The van der Waals surface area contributed by atoms with E-state index in [2.05, 4.69) is 6.92 Å². The van der Waals surface area contributed by atoms with Crippen LogP contribution in [0.5, 0.6) is 0 Å². The van der Waals surface area contributed by atoms with Crippen molar-refractivity contribution >= 4 is 17.5 Å². The third kappa shape index (κ3) is 3.16. The van der Waals surface area contributed by atoms with Gasteiger partial charge in [0.05, 0.1) is 6.10 Å². The maximum atomic E-state index is 13.1. The zero-order chi connectivity index (χ0) is 22.6. The van der Waals surface area contributed by atoms with E-state index in [1.807, 2.05) is 13.8 Å². The van der Waals surface area contributed by atoms with Crippen molar-refractivity contribution in [3.8, 4) is 0 Å². The number of carbonyl (C=O) groups is 3. The van der Waals surface area contributed by atoms with Crippen molar-refractivity contribution in [3.05, 3.63) is 11.6 Å². The van der Waals surface area contributed by atoms with E-state index in [0.29, 0.717) is 25.7 Å². The van der Waals surface area contributed by atoms with Gasteiger partial charge in [-0.15, -0.1) is 0 Å². The van der Waals surface area contributed by atoms with Crippen molar-refractivity contribution in [2.75, 3.05) is 6.61 Å². The molecule has 4 aliphatic carbocycles. The predicted octanol–water partition coefficient (Wildman–Crippen LogP) is 3.13. The summed E-state index contributed by atoms with van der Waals surface area (Å²) < 4.78 is 5.92. The number of aliphatic hydroxyl groups is 2. The number of aliphatic hydroxyl groups excluding tert-OH is 2. The number of hydrogen-bond donors (Lipinski definition) is 2. The Balaban J connectivity index is 1.73. The molecule has 0 aliphatic heterocycles. The summed E-state index contributed by atoms with van der Waals surface area (Å²) in [5.74, 6) is -0.320. The normalized spacial score (nSPS) is 44.0. The number of Topliss-reactive ketones (excluding diaryl/α,β-unsaturated/α-hetero) is 1.